The summed E-state index contributed by atoms with van der Waals surface area (Å²) in [5.41, 5.74) is 0. The summed E-state index contributed by atoms with van der Waals surface area (Å²) in [6.45, 7) is 0. The van der Waals surface area contributed by atoms with Crippen molar-refractivity contribution in [1.29, 1.82) is 0 Å². The van der Waals surface area contributed by atoms with Gasteiger partial charge in [0.05, 0.1) is 0 Å². The van der Waals surface area contributed by atoms with E-state index in [0.717, 1.165) is 0 Å². The van der Waals surface area contributed by atoms with Crippen LogP contribution in [0.5, 0.6) is 0 Å². The second-order valence-corrected chi connectivity index (χ2v) is 11.8. The van der Waals surface area contributed by atoms with E-state index in [2.05, 4.69) is 0 Å². The van der Waals surface area contributed by atoms with Gasteiger partial charge in [-0.25, -0.2) is 0 Å². The minimum atomic E-state index is -15.4. The van der Waals surface area contributed by atoms with Crippen LogP contribution in [0.3, 0.4) is 0 Å². The van der Waals surface area contributed by atoms with Crippen LogP contribution in [0.4, 0.5) is 21.0 Å². The zero-order valence-corrected chi connectivity index (χ0v) is 5.98. The summed E-state index contributed by atoms with van der Waals surface area (Å²) in [4.78, 5) is 0. The van der Waals surface area contributed by atoms with E-state index in [9.17, 15) is 21.0 Å². The molecule has 0 unspecified atom stereocenters. The Bertz CT molecular complexity index is 139. The molecule has 0 fully saturated rings. The first kappa shape index (κ1) is 9.32. The molecule has 0 aromatic heterocycles. The fourth-order valence-corrected chi connectivity index (χ4v) is 0. The predicted molar refractivity (Wildman–Crippen MR) is 8.86 cm³/mol. The Hall–Kier alpha value is 0.323. The third-order valence-corrected chi connectivity index (χ3v) is 0. The van der Waals surface area contributed by atoms with Crippen LogP contribution in [0, 0.1) is 0 Å². The van der Waals surface area contributed by atoms with Crippen molar-refractivity contribution in [3.05, 3.63) is 0 Å². The first-order chi connectivity index (χ1) is 2.83. The maximum absolute atomic E-state index is 15.4. The molecule has 0 aliphatic heterocycles. The van der Waals surface area contributed by atoms with Gasteiger partial charge >= 0.3 is 40.2 Å². The molecular weight excluding hydrogens is 243 g/mol. The van der Waals surface area contributed by atoms with Crippen LogP contribution in [0.2, 0.25) is 0 Å². The van der Waals surface area contributed by atoms with E-state index in [1.165, 1.54) is 0 Å². The first-order valence-electron chi connectivity index (χ1n) is 1.51. The maximum atomic E-state index is 9.95. The van der Waals surface area contributed by atoms with E-state index in [1.807, 2.05) is 0 Å². The second kappa shape index (κ2) is 0.556. The molecule has 0 aromatic rings. The Labute approximate surface area is 40.8 Å². The van der Waals surface area contributed by atoms with E-state index in [-0.39, 0.29) is 0 Å². The number of hydrogen-bond donors (Lipinski definition) is 0. The van der Waals surface area contributed by atoms with E-state index in [4.69, 9.17) is 0 Å². The first-order valence-corrected chi connectivity index (χ1v) is 8.94. The van der Waals surface area contributed by atoms with Gasteiger partial charge in [0.15, 0.2) is 0 Å². The second-order valence-electron chi connectivity index (χ2n) is 2.00. The fourth-order valence-electron chi connectivity index (χ4n) is 0. The van der Waals surface area contributed by atoms with Crippen LogP contribution in [0.15, 0.2) is 0 Å². The molecule has 0 aliphatic rings. The molecule has 0 atom stereocenters. The van der Waals surface area contributed by atoms with Crippen molar-refractivity contribution < 1.29 is 40.2 Å². The van der Waals surface area contributed by atoms with E-state index >= 15 is 0 Å². The molecule has 0 aromatic carbocycles. The molecule has 0 heterocycles. The summed E-state index contributed by atoms with van der Waals surface area (Å²) < 4.78 is 79.6. The summed E-state index contributed by atoms with van der Waals surface area (Å²) in [5, 5.41) is 0. The Morgan fingerprint density at radius 1 is 0.444 bits per heavy atom. The monoisotopic (exact) mass is 242 g/mol. The molecule has 0 spiro atoms. The van der Waals surface area contributed by atoms with Gasteiger partial charge in [0.25, 0.3) is 0 Å². The molecule has 0 bridgehead atoms. The third-order valence-electron chi connectivity index (χ3n) is 0. The quantitative estimate of drug-likeness (QED) is 0.572. The van der Waals surface area contributed by atoms with E-state index in [1.54, 1.807) is 0 Å². The molecule has 0 saturated carbocycles. The van der Waals surface area contributed by atoms with Gasteiger partial charge in [-0.1, -0.05) is 0 Å². The van der Waals surface area contributed by atoms with Crippen molar-refractivity contribution in [2.75, 3.05) is 0 Å². The van der Waals surface area contributed by atoms with Crippen molar-refractivity contribution >= 4 is 0 Å². The van der Waals surface area contributed by atoms with Crippen molar-refractivity contribution in [3.8, 4) is 0 Å². The topological polar surface area (TPSA) is 0 Å². The normalized spacial score (nSPS) is 31.1. The summed E-state index contributed by atoms with van der Waals surface area (Å²) in [6, 6.07) is 0. The van der Waals surface area contributed by atoms with Gasteiger partial charge in [0, 0.05) is 0 Å². The van der Waals surface area contributed by atoms with Gasteiger partial charge in [0.1, 0.15) is 0 Å². The molecule has 0 amide bonds. The summed E-state index contributed by atoms with van der Waals surface area (Å²) in [6.07, 6.45) is 0. The number of halogens is 8. The average molecular weight is 243 g/mol. The van der Waals surface area contributed by atoms with Crippen molar-refractivity contribution in [1.82, 2.24) is 0 Å². The van der Waals surface area contributed by atoms with E-state index in [0.29, 0.717) is 0 Å². The average Bonchev–Trinajstić information content (AvgIpc) is 0.503. The molecule has 0 radical (unpaired) electrons. The van der Waals surface area contributed by atoms with Crippen LogP contribution in [0.25, 0.3) is 0 Å². The molecule has 0 nitrogen and oxygen atoms in total. The summed E-state index contributed by atoms with van der Waals surface area (Å²) in [7, 11) is 0. The van der Waals surface area contributed by atoms with Gasteiger partial charge in [-0.3, -0.25) is 0 Å². The molecule has 0 rings (SSSR count). The van der Waals surface area contributed by atoms with Crippen LogP contribution in [-0.2, 0) is 19.2 Å². The SMILES string of the molecule is [F][Zr]([F])([F])([F])([F])([F])([F])[F]. The number of hydrogen-bond acceptors (Lipinski definition) is 0. The third kappa shape index (κ3) is 3190. The van der Waals surface area contributed by atoms with E-state index < -0.39 is 19.2 Å². The van der Waals surface area contributed by atoms with Crippen LogP contribution >= 0.6 is 0 Å². The van der Waals surface area contributed by atoms with Crippen LogP contribution in [0.1, 0.15) is 0 Å². The van der Waals surface area contributed by atoms with Crippen molar-refractivity contribution in [2.24, 2.45) is 0 Å². The van der Waals surface area contributed by atoms with Gasteiger partial charge in [-0.05, 0) is 0 Å². The minimum absolute atomic E-state index is 9.95. The Morgan fingerprint density at radius 3 is 0.444 bits per heavy atom. The molecule has 60 valence electrons. The Morgan fingerprint density at radius 2 is 0.444 bits per heavy atom. The van der Waals surface area contributed by atoms with Crippen molar-refractivity contribution in [3.63, 3.8) is 0 Å². The number of rotatable bonds is 0. The van der Waals surface area contributed by atoms with Gasteiger partial charge in [-0.15, -0.1) is 0 Å². The fraction of sp³-hybridized carbons (Fsp3) is 0. The van der Waals surface area contributed by atoms with Crippen LogP contribution < -0.4 is 0 Å². The molecule has 0 aliphatic carbocycles. The molecule has 9 heavy (non-hydrogen) atoms. The standard InChI is InChI=1S/8FH.Zr/h8*1H;/q;;;;;;;;+8/p-8. The Kier molecular flexibility index (Phi) is 0.576. The molecule has 9 heteroatoms. The Balaban J connectivity index is 5.84. The van der Waals surface area contributed by atoms with Gasteiger partial charge < -0.3 is 0 Å². The van der Waals surface area contributed by atoms with Crippen molar-refractivity contribution in [2.45, 2.75) is 0 Å². The van der Waals surface area contributed by atoms with Gasteiger partial charge in [0.2, 0.25) is 0 Å². The summed E-state index contributed by atoms with van der Waals surface area (Å²) in [5.74, 6) is 0. The molecule has 0 N–H and O–H groups in total. The summed E-state index contributed by atoms with van der Waals surface area (Å²) >= 11 is -15.4. The zero-order chi connectivity index (χ0) is 8.35. The molecule has 0 saturated heterocycles. The van der Waals surface area contributed by atoms with Crippen LogP contribution in [-0.4, -0.2) is 0 Å². The zero-order valence-electron chi connectivity index (χ0n) is 3.52. The molecular formula is F8Zr. The predicted octanol–water partition coefficient (Wildman–Crippen LogP) is 3.36. The van der Waals surface area contributed by atoms with Gasteiger partial charge in [-0.2, -0.15) is 0 Å².